The van der Waals surface area contributed by atoms with Crippen LogP contribution in [0, 0.1) is 20.2 Å². The van der Waals surface area contributed by atoms with E-state index in [1.807, 2.05) is 0 Å². The molecule has 0 radical (unpaired) electrons. The average molecular weight is 568 g/mol. The molecule has 15 heteroatoms. The van der Waals surface area contributed by atoms with E-state index in [-0.39, 0.29) is 29.2 Å². The SMILES string of the molecule is COc1ccc(Nc2nc(N/N=C\c3ccc(-c4cccc([N+](=O)[O-])c4)o3)nc(Nc3ccc([N+](=O)[O-])cc3)n2)cc1. The van der Waals surface area contributed by atoms with Crippen molar-refractivity contribution in [2.75, 3.05) is 23.2 Å². The van der Waals surface area contributed by atoms with Crippen molar-refractivity contribution in [2.45, 2.75) is 0 Å². The Kier molecular flexibility index (Phi) is 7.90. The van der Waals surface area contributed by atoms with E-state index in [0.29, 0.717) is 34.2 Å². The molecule has 0 saturated heterocycles. The van der Waals surface area contributed by atoms with Crippen LogP contribution in [0.5, 0.6) is 5.75 Å². The van der Waals surface area contributed by atoms with E-state index in [4.69, 9.17) is 9.15 Å². The number of methoxy groups -OCH3 is 1. The molecule has 5 aromatic rings. The molecule has 0 spiro atoms. The summed E-state index contributed by atoms with van der Waals surface area (Å²) in [5, 5.41) is 32.3. The van der Waals surface area contributed by atoms with Crippen molar-refractivity contribution >= 4 is 46.8 Å². The predicted molar refractivity (Wildman–Crippen MR) is 154 cm³/mol. The fourth-order valence-corrected chi connectivity index (χ4v) is 3.64. The van der Waals surface area contributed by atoms with Gasteiger partial charge >= 0.3 is 0 Å². The third kappa shape index (κ3) is 6.78. The first kappa shape index (κ1) is 27.2. The van der Waals surface area contributed by atoms with Crippen LogP contribution in [0.1, 0.15) is 5.76 Å². The number of rotatable bonds is 11. The molecule has 0 fully saturated rings. The summed E-state index contributed by atoms with van der Waals surface area (Å²) in [4.78, 5) is 34.1. The van der Waals surface area contributed by atoms with Crippen molar-refractivity contribution < 1.29 is 19.0 Å². The number of anilines is 5. The van der Waals surface area contributed by atoms with Crippen LogP contribution in [-0.4, -0.2) is 38.1 Å². The van der Waals surface area contributed by atoms with Gasteiger partial charge in [-0.15, -0.1) is 0 Å². The third-order valence-electron chi connectivity index (χ3n) is 5.64. The van der Waals surface area contributed by atoms with Gasteiger partial charge in [-0.3, -0.25) is 20.2 Å². The van der Waals surface area contributed by atoms with Gasteiger partial charge in [0.05, 0.1) is 23.2 Å². The number of nitro groups is 2. The Hall–Kier alpha value is -6.38. The maximum atomic E-state index is 11.1. The van der Waals surface area contributed by atoms with E-state index in [9.17, 15) is 20.2 Å². The minimum Gasteiger partial charge on any atom is -0.497 e. The molecular weight excluding hydrogens is 546 g/mol. The van der Waals surface area contributed by atoms with Crippen molar-refractivity contribution in [2.24, 2.45) is 5.10 Å². The molecule has 0 aliphatic carbocycles. The van der Waals surface area contributed by atoms with Gasteiger partial charge in [0, 0.05) is 41.2 Å². The van der Waals surface area contributed by atoms with Crippen molar-refractivity contribution in [3.05, 3.63) is 111 Å². The Morgan fingerprint density at radius 2 is 1.40 bits per heavy atom. The molecule has 0 bridgehead atoms. The lowest BCUT2D eigenvalue weighted by molar-refractivity contribution is -0.385. The summed E-state index contributed by atoms with van der Waals surface area (Å²) < 4.78 is 10.9. The average Bonchev–Trinajstić information content (AvgIpc) is 3.47. The normalized spacial score (nSPS) is 10.8. The molecule has 5 rings (SSSR count). The van der Waals surface area contributed by atoms with Crippen LogP contribution >= 0.6 is 0 Å². The number of hydrazone groups is 1. The zero-order valence-corrected chi connectivity index (χ0v) is 21.8. The fourth-order valence-electron chi connectivity index (χ4n) is 3.64. The van der Waals surface area contributed by atoms with Gasteiger partial charge in [0.2, 0.25) is 17.8 Å². The van der Waals surface area contributed by atoms with Crippen LogP contribution < -0.4 is 20.8 Å². The highest BCUT2D eigenvalue weighted by Crippen LogP contribution is 2.26. The molecule has 0 atom stereocenters. The minimum atomic E-state index is -0.491. The zero-order chi connectivity index (χ0) is 29.5. The van der Waals surface area contributed by atoms with E-state index in [0.717, 1.165) is 0 Å². The molecule has 0 aliphatic heterocycles. The summed E-state index contributed by atoms with van der Waals surface area (Å²) in [5.41, 5.74) is 4.37. The molecule has 0 unspecified atom stereocenters. The maximum Gasteiger partial charge on any atom is 0.270 e. The molecule has 3 N–H and O–H groups in total. The molecule has 0 saturated carbocycles. The lowest BCUT2D eigenvalue weighted by Crippen LogP contribution is -2.07. The van der Waals surface area contributed by atoms with Crippen LogP contribution in [0.3, 0.4) is 0 Å². The molecule has 210 valence electrons. The van der Waals surface area contributed by atoms with Gasteiger partial charge in [-0.05, 0) is 48.5 Å². The number of hydrogen-bond acceptors (Lipinski definition) is 13. The summed E-state index contributed by atoms with van der Waals surface area (Å²) >= 11 is 0. The molecule has 0 amide bonds. The van der Waals surface area contributed by atoms with E-state index >= 15 is 0 Å². The maximum absolute atomic E-state index is 11.1. The van der Waals surface area contributed by atoms with E-state index < -0.39 is 9.85 Å². The minimum absolute atomic E-state index is 0.0483. The second-order valence-corrected chi connectivity index (χ2v) is 8.47. The summed E-state index contributed by atoms with van der Waals surface area (Å²) in [5.74, 6) is 1.88. The molecule has 2 aromatic heterocycles. The standard InChI is InChI=1S/C27H21N9O6/c1-41-22-11-7-19(8-12-22)30-26-31-25(29-18-5-9-20(10-6-18)35(37)38)32-27(33-26)34-28-16-23-13-14-24(42-23)17-3-2-4-21(15-17)36(39)40/h2-16H,1H3,(H3,29,30,31,32,33,34)/b28-16-. The Labute approximate surface area is 237 Å². The smallest absolute Gasteiger partial charge is 0.270 e. The van der Waals surface area contributed by atoms with Gasteiger partial charge in [-0.1, -0.05) is 12.1 Å². The fraction of sp³-hybridized carbons (Fsp3) is 0.0370. The van der Waals surface area contributed by atoms with Crippen molar-refractivity contribution in [1.29, 1.82) is 0 Å². The molecule has 3 aromatic carbocycles. The Morgan fingerprint density at radius 3 is 2.02 bits per heavy atom. The number of nitro benzene ring substituents is 2. The highest BCUT2D eigenvalue weighted by Gasteiger charge is 2.11. The number of nitrogens with one attached hydrogen (secondary N) is 3. The van der Waals surface area contributed by atoms with Crippen molar-refractivity contribution in [3.8, 4) is 17.1 Å². The van der Waals surface area contributed by atoms with Crippen LogP contribution in [0.25, 0.3) is 11.3 Å². The second kappa shape index (κ2) is 12.2. The van der Waals surface area contributed by atoms with Crippen LogP contribution in [0.2, 0.25) is 0 Å². The molecule has 15 nitrogen and oxygen atoms in total. The molecule has 42 heavy (non-hydrogen) atoms. The van der Waals surface area contributed by atoms with Crippen molar-refractivity contribution in [1.82, 2.24) is 15.0 Å². The lowest BCUT2D eigenvalue weighted by atomic mass is 10.1. The third-order valence-corrected chi connectivity index (χ3v) is 5.64. The number of benzene rings is 3. The summed E-state index contributed by atoms with van der Waals surface area (Å²) in [7, 11) is 1.57. The van der Waals surface area contributed by atoms with Crippen molar-refractivity contribution in [3.63, 3.8) is 0 Å². The van der Waals surface area contributed by atoms with Crippen LogP contribution in [0.4, 0.5) is 40.6 Å². The summed E-state index contributed by atoms with van der Waals surface area (Å²) in [6.45, 7) is 0. The molecular formula is C27H21N9O6. The number of aromatic nitrogens is 3. The Bertz CT molecular complexity index is 1760. The van der Waals surface area contributed by atoms with E-state index in [1.54, 1.807) is 55.6 Å². The van der Waals surface area contributed by atoms with Gasteiger partial charge in [0.25, 0.3) is 11.4 Å². The number of hydrogen-bond donors (Lipinski definition) is 3. The van der Waals surface area contributed by atoms with Gasteiger partial charge in [0.1, 0.15) is 17.3 Å². The number of furan rings is 1. The van der Waals surface area contributed by atoms with E-state index in [2.05, 4.69) is 36.1 Å². The number of non-ortho nitro benzene ring substituents is 2. The van der Waals surface area contributed by atoms with Gasteiger partial charge in [-0.25, -0.2) is 5.43 Å². The first-order valence-electron chi connectivity index (χ1n) is 12.2. The summed E-state index contributed by atoms with van der Waals surface area (Å²) in [6.07, 6.45) is 1.39. The van der Waals surface area contributed by atoms with Gasteiger partial charge in [-0.2, -0.15) is 20.1 Å². The first-order chi connectivity index (χ1) is 20.4. The second-order valence-electron chi connectivity index (χ2n) is 8.47. The monoisotopic (exact) mass is 567 g/mol. The van der Waals surface area contributed by atoms with E-state index in [1.165, 1.54) is 42.6 Å². The highest BCUT2D eigenvalue weighted by molar-refractivity contribution is 5.78. The largest absolute Gasteiger partial charge is 0.497 e. The van der Waals surface area contributed by atoms with Gasteiger partial charge in [0.15, 0.2) is 0 Å². The molecule has 2 heterocycles. The number of ether oxygens (including phenoxy) is 1. The number of nitrogens with zero attached hydrogens (tertiary/aromatic N) is 6. The Morgan fingerprint density at radius 1 is 0.786 bits per heavy atom. The topological polar surface area (TPSA) is 196 Å². The predicted octanol–water partition coefficient (Wildman–Crippen LogP) is 5.89. The first-order valence-corrected chi connectivity index (χ1v) is 12.2. The van der Waals surface area contributed by atoms with Gasteiger partial charge < -0.3 is 19.8 Å². The quantitative estimate of drug-likeness (QED) is 0.0973. The lowest BCUT2D eigenvalue weighted by Gasteiger charge is -2.10. The van der Waals surface area contributed by atoms with Crippen LogP contribution in [-0.2, 0) is 0 Å². The van der Waals surface area contributed by atoms with Crippen LogP contribution in [0.15, 0.2) is 94.4 Å². The Balaban J connectivity index is 1.35. The zero-order valence-electron chi connectivity index (χ0n) is 21.8. The highest BCUT2D eigenvalue weighted by atomic mass is 16.6. The molecule has 0 aliphatic rings. The summed E-state index contributed by atoms with van der Waals surface area (Å²) in [6, 6.07) is 22.3.